The number of thioether (sulfide) groups is 1. The van der Waals surface area contributed by atoms with Crippen molar-refractivity contribution in [3.8, 4) is 5.75 Å². The summed E-state index contributed by atoms with van der Waals surface area (Å²) in [5.41, 5.74) is 1.18. The lowest BCUT2D eigenvalue weighted by atomic mass is 10.2. The summed E-state index contributed by atoms with van der Waals surface area (Å²) in [5.74, 6) is 2.09. The zero-order chi connectivity index (χ0) is 22.4. The van der Waals surface area contributed by atoms with E-state index in [2.05, 4.69) is 31.8 Å². The van der Waals surface area contributed by atoms with Crippen molar-refractivity contribution in [2.75, 3.05) is 43.6 Å². The molecule has 0 saturated carbocycles. The van der Waals surface area contributed by atoms with E-state index in [1.165, 1.54) is 17.7 Å². The topological polar surface area (TPSA) is 113 Å². The van der Waals surface area contributed by atoms with Gasteiger partial charge in [-0.25, -0.2) is 13.6 Å². The minimum absolute atomic E-state index is 0.0591. The van der Waals surface area contributed by atoms with Crippen LogP contribution in [0.15, 0.2) is 64.6 Å². The molecule has 1 aromatic heterocycles. The molecule has 3 aromatic rings. The first-order chi connectivity index (χ1) is 15.5. The van der Waals surface area contributed by atoms with Crippen molar-refractivity contribution in [2.24, 2.45) is 5.14 Å². The maximum Gasteiger partial charge on any atom is 0.238 e. The second kappa shape index (κ2) is 10.3. The molecule has 1 fully saturated rings. The van der Waals surface area contributed by atoms with E-state index in [-0.39, 0.29) is 4.90 Å². The summed E-state index contributed by atoms with van der Waals surface area (Å²) in [6.45, 7) is 4.05. The predicted octanol–water partition coefficient (Wildman–Crippen LogP) is 1.98. The van der Waals surface area contributed by atoms with Crippen LogP contribution in [0.2, 0.25) is 0 Å². The third kappa shape index (κ3) is 5.80. The van der Waals surface area contributed by atoms with Crippen LogP contribution < -0.4 is 14.8 Å². The Hall–Kier alpha value is -2.60. The van der Waals surface area contributed by atoms with E-state index in [1.54, 1.807) is 23.9 Å². The molecule has 4 rings (SSSR count). The number of ether oxygens (including phenoxy) is 2. The van der Waals surface area contributed by atoms with E-state index in [1.807, 2.05) is 18.2 Å². The third-order valence-electron chi connectivity index (χ3n) is 4.91. The van der Waals surface area contributed by atoms with Crippen molar-refractivity contribution in [3.63, 3.8) is 0 Å². The average molecular weight is 476 g/mol. The van der Waals surface area contributed by atoms with Gasteiger partial charge < -0.3 is 14.4 Å². The van der Waals surface area contributed by atoms with Crippen LogP contribution in [0.25, 0.3) is 0 Å². The molecule has 32 heavy (non-hydrogen) atoms. The molecule has 2 N–H and O–H groups in total. The standard InChI is InChI=1S/C21H25N5O4S2/c22-32(27,28)19-8-6-18(7-9-19)30-14-15-31-21-24-23-20(25-10-12-29-13-11-25)26(21)16-17-4-2-1-3-5-17/h1-9H,10-16H2,(H2,22,27,28). The highest BCUT2D eigenvalue weighted by Gasteiger charge is 2.21. The SMILES string of the molecule is NS(=O)(=O)c1ccc(OCCSc2nnc(N3CCOCC3)n2Cc2ccccc2)cc1. The van der Waals surface area contributed by atoms with Crippen LogP contribution in [0.4, 0.5) is 5.95 Å². The number of morpholine rings is 1. The minimum Gasteiger partial charge on any atom is -0.493 e. The second-order valence-corrected chi connectivity index (χ2v) is 9.79. The Morgan fingerprint density at radius 1 is 1.03 bits per heavy atom. The van der Waals surface area contributed by atoms with E-state index >= 15 is 0 Å². The largest absolute Gasteiger partial charge is 0.493 e. The molecule has 2 heterocycles. The fourth-order valence-electron chi connectivity index (χ4n) is 3.31. The summed E-state index contributed by atoms with van der Waals surface area (Å²) in [4.78, 5) is 2.26. The highest BCUT2D eigenvalue weighted by Crippen LogP contribution is 2.24. The smallest absolute Gasteiger partial charge is 0.238 e. The van der Waals surface area contributed by atoms with Gasteiger partial charge in [-0.1, -0.05) is 42.1 Å². The summed E-state index contributed by atoms with van der Waals surface area (Å²) < 4.78 is 36.0. The van der Waals surface area contributed by atoms with Crippen LogP contribution in [0.5, 0.6) is 5.75 Å². The maximum absolute atomic E-state index is 11.3. The molecule has 1 aliphatic heterocycles. The molecular formula is C21H25N5O4S2. The van der Waals surface area contributed by atoms with Crippen LogP contribution in [-0.2, 0) is 21.3 Å². The van der Waals surface area contributed by atoms with Crippen LogP contribution in [-0.4, -0.2) is 61.8 Å². The zero-order valence-corrected chi connectivity index (χ0v) is 19.1. The Morgan fingerprint density at radius 2 is 1.75 bits per heavy atom. The van der Waals surface area contributed by atoms with Gasteiger partial charge in [0.25, 0.3) is 0 Å². The lowest BCUT2D eigenvalue weighted by Gasteiger charge is -2.28. The van der Waals surface area contributed by atoms with Gasteiger partial charge in [0.15, 0.2) is 5.16 Å². The van der Waals surface area contributed by atoms with Gasteiger partial charge in [-0.15, -0.1) is 10.2 Å². The molecule has 0 aliphatic carbocycles. The number of sulfonamides is 1. The lowest BCUT2D eigenvalue weighted by molar-refractivity contribution is 0.121. The Bertz CT molecular complexity index is 1110. The number of primary sulfonamides is 1. The Morgan fingerprint density at radius 3 is 2.44 bits per heavy atom. The van der Waals surface area contributed by atoms with Crippen LogP contribution in [0.3, 0.4) is 0 Å². The molecule has 11 heteroatoms. The van der Waals surface area contributed by atoms with Gasteiger partial charge in [0.1, 0.15) is 5.75 Å². The first-order valence-corrected chi connectivity index (χ1v) is 12.7. The van der Waals surface area contributed by atoms with Crippen LogP contribution in [0, 0.1) is 0 Å². The number of hydrogen-bond acceptors (Lipinski definition) is 8. The van der Waals surface area contributed by atoms with E-state index < -0.39 is 10.0 Å². The summed E-state index contributed by atoms with van der Waals surface area (Å²) in [5, 5.41) is 14.8. The van der Waals surface area contributed by atoms with Crippen molar-refractivity contribution in [1.82, 2.24) is 14.8 Å². The average Bonchev–Trinajstić information content (AvgIpc) is 3.20. The van der Waals surface area contributed by atoms with Crippen LogP contribution in [0.1, 0.15) is 5.56 Å². The summed E-state index contributed by atoms with van der Waals surface area (Å²) >= 11 is 1.57. The molecule has 1 saturated heterocycles. The molecule has 0 radical (unpaired) electrons. The first kappa shape index (κ1) is 22.6. The van der Waals surface area contributed by atoms with E-state index in [0.29, 0.717) is 37.9 Å². The molecule has 0 atom stereocenters. The number of anilines is 1. The van der Waals surface area contributed by atoms with Gasteiger partial charge in [-0.3, -0.25) is 4.57 Å². The molecule has 1 aliphatic rings. The molecule has 0 unspecified atom stereocenters. The number of nitrogens with two attached hydrogens (primary N) is 1. The van der Waals surface area contributed by atoms with Crippen molar-refractivity contribution in [1.29, 1.82) is 0 Å². The fraction of sp³-hybridized carbons (Fsp3) is 0.333. The van der Waals surface area contributed by atoms with Gasteiger partial charge in [-0.05, 0) is 29.8 Å². The number of nitrogens with zero attached hydrogens (tertiary/aromatic N) is 4. The number of aromatic nitrogens is 3. The summed E-state index contributed by atoms with van der Waals surface area (Å²) in [6, 6.07) is 16.3. The fourth-order valence-corrected chi connectivity index (χ4v) is 4.57. The van der Waals surface area contributed by atoms with Crippen molar-refractivity contribution in [3.05, 3.63) is 60.2 Å². The van der Waals surface area contributed by atoms with Gasteiger partial charge >= 0.3 is 0 Å². The lowest BCUT2D eigenvalue weighted by Crippen LogP contribution is -2.38. The number of rotatable bonds is 9. The van der Waals surface area contributed by atoms with Gasteiger partial charge in [-0.2, -0.15) is 0 Å². The van der Waals surface area contributed by atoms with E-state index in [4.69, 9.17) is 14.6 Å². The minimum atomic E-state index is -3.71. The molecule has 170 valence electrons. The molecule has 0 bridgehead atoms. The quantitative estimate of drug-likeness (QED) is 0.369. The molecule has 0 amide bonds. The Balaban J connectivity index is 1.40. The first-order valence-electron chi connectivity index (χ1n) is 10.2. The number of hydrogen-bond donors (Lipinski definition) is 1. The molecule has 0 spiro atoms. The summed E-state index contributed by atoms with van der Waals surface area (Å²) in [7, 11) is -3.71. The normalized spacial score (nSPS) is 14.5. The van der Waals surface area contributed by atoms with E-state index in [9.17, 15) is 8.42 Å². The molecule has 2 aromatic carbocycles. The van der Waals surface area contributed by atoms with Crippen molar-refractivity contribution >= 4 is 27.7 Å². The monoisotopic (exact) mass is 475 g/mol. The van der Waals surface area contributed by atoms with Gasteiger partial charge in [0, 0.05) is 18.8 Å². The Kier molecular flexibility index (Phi) is 7.30. The maximum atomic E-state index is 11.3. The summed E-state index contributed by atoms with van der Waals surface area (Å²) in [6.07, 6.45) is 0. The molecular weight excluding hydrogens is 450 g/mol. The number of benzene rings is 2. The molecule has 9 nitrogen and oxygen atoms in total. The van der Waals surface area contributed by atoms with Crippen molar-refractivity contribution < 1.29 is 17.9 Å². The van der Waals surface area contributed by atoms with Gasteiger partial charge in [0.2, 0.25) is 16.0 Å². The predicted molar refractivity (Wildman–Crippen MR) is 123 cm³/mol. The second-order valence-electron chi connectivity index (χ2n) is 7.17. The zero-order valence-electron chi connectivity index (χ0n) is 17.5. The van der Waals surface area contributed by atoms with Gasteiger partial charge in [0.05, 0.1) is 31.3 Å². The van der Waals surface area contributed by atoms with E-state index in [0.717, 1.165) is 24.2 Å². The van der Waals surface area contributed by atoms with Crippen LogP contribution >= 0.6 is 11.8 Å². The third-order valence-corrected chi connectivity index (χ3v) is 6.77. The Labute approximate surface area is 191 Å². The van der Waals surface area contributed by atoms with Crippen molar-refractivity contribution in [2.45, 2.75) is 16.6 Å². The highest BCUT2D eigenvalue weighted by molar-refractivity contribution is 7.99. The highest BCUT2D eigenvalue weighted by atomic mass is 32.2.